The largest absolute Gasteiger partial charge is 0.462 e. The van der Waals surface area contributed by atoms with Crippen molar-refractivity contribution in [1.29, 1.82) is 0 Å². The molecule has 0 amide bonds. The van der Waals surface area contributed by atoms with E-state index < -0.39 is 0 Å². The van der Waals surface area contributed by atoms with Crippen molar-refractivity contribution in [2.45, 2.75) is 52.6 Å². The third-order valence-corrected chi connectivity index (χ3v) is 5.58. The minimum atomic E-state index is -0.103. The first-order valence-electron chi connectivity index (χ1n) is 6.87. The summed E-state index contributed by atoms with van der Waals surface area (Å²) in [5, 5.41) is 0. The van der Waals surface area contributed by atoms with E-state index in [-0.39, 0.29) is 17.5 Å². The van der Waals surface area contributed by atoms with Crippen LogP contribution >= 0.6 is 0 Å². The topological polar surface area (TPSA) is 26.3 Å². The lowest BCUT2D eigenvalue weighted by atomic mass is 9.68. The van der Waals surface area contributed by atoms with E-state index in [4.69, 9.17) is 4.74 Å². The van der Waals surface area contributed by atoms with Gasteiger partial charge in [0.25, 0.3) is 0 Å². The number of hydrogen-bond donors (Lipinski definition) is 0. The summed E-state index contributed by atoms with van der Waals surface area (Å²) in [6.45, 7) is 6.08. The molecule has 0 N–H and O–H groups in total. The lowest BCUT2D eigenvalue weighted by Crippen LogP contribution is -2.41. The highest BCUT2D eigenvalue weighted by atomic mass is 16.5. The Bertz CT molecular complexity index is 384. The van der Waals surface area contributed by atoms with Crippen LogP contribution in [0.2, 0.25) is 0 Å². The predicted molar refractivity (Wildman–Crippen MR) is 66.4 cm³/mol. The van der Waals surface area contributed by atoms with Gasteiger partial charge < -0.3 is 4.74 Å². The molecule has 3 rings (SSSR count). The van der Waals surface area contributed by atoms with E-state index in [1.807, 2.05) is 0 Å². The van der Waals surface area contributed by atoms with Gasteiger partial charge in [-0.3, -0.25) is 4.79 Å². The molecule has 0 heterocycles. The Morgan fingerprint density at radius 1 is 1.53 bits per heavy atom. The Labute approximate surface area is 103 Å². The minimum Gasteiger partial charge on any atom is -0.462 e. The zero-order chi connectivity index (χ0) is 12.2. The number of hydrogen-bond acceptors (Lipinski definition) is 2. The summed E-state index contributed by atoms with van der Waals surface area (Å²) < 4.78 is 5.68. The van der Waals surface area contributed by atoms with Crippen LogP contribution in [-0.2, 0) is 9.53 Å². The molecule has 17 heavy (non-hydrogen) atoms. The van der Waals surface area contributed by atoms with E-state index in [1.54, 1.807) is 6.92 Å². The highest BCUT2D eigenvalue weighted by molar-refractivity contribution is 5.66. The van der Waals surface area contributed by atoms with Gasteiger partial charge in [-0.15, -0.1) is 0 Å². The Morgan fingerprint density at radius 2 is 2.29 bits per heavy atom. The molecule has 2 fully saturated rings. The molecule has 0 saturated heterocycles. The fourth-order valence-electron chi connectivity index (χ4n) is 4.90. The molecule has 0 aliphatic heterocycles. The summed E-state index contributed by atoms with van der Waals surface area (Å²) in [5.41, 5.74) is 1.82. The molecule has 0 aromatic rings. The molecule has 0 unspecified atom stereocenters. The van der Waals surface area contributed by atoms with Crippen LogP contribution in [0.4, 0.5) is 0 Å². The maximum absolute atomic E-state index is 11.3. The van der Waals surface area contributed by atoms with E-state index in [0.29, 0.717) is 5.92 Å². The van der Waals surface area contributed by atoms with Gasteiger partial charge in [-0.25, -0.2) is 0 Å². The average Bonchev–Trinajstić information content (AvgIpc) is 2.72. The van der Waals surface area contributed by atoms with Crippen LogP contribution < -0.4 is 0 Å². The van der Waals surface area contributed by atoms with Gasteiger partial charge in [0.15, 0.2) is 0 Å². The van der Waals surface area contributed by atoms with Crippen molar-refractivity contribution in [2.24, 2.45) is 23.2 Å². The Balaban J connectivity index is 1.95. The summed E-state index contributed by atoms with van der Waals surface area (Å²) in [7, 11) is 0. The molecule has 2 bridgehead atoms. The van der Waals surface area contributed by atoms with Crippen molar-refractivity contribution >= 4 is 5.97 Å². The number of carbonyl (C=O) groups is 1. The SMILES string of the molecule is CC(=O)O[C@@H]1[C@H](C)[C@@H]2CC[C@]13CC=C(C)C[C@H]23. The zero-order valence-corrected chi connectivity index (χ0v) is 11.0. The van der Waals surface area contributed by atoms with Gasteiger partial charge in [-0.05, 0) is 50.4 Å². The number of allylic oxidation sites excluding steroid dienone is 2. The fourth-order valence-corrected chi connectivity index (χ4v) is 4.90. The molecule has 94 valence electrons. The molecule has 3 aliphatic carbocycles. The van der Waals surface area contributed by atoms with E-state index in [9.17, 15) is 4.79 Å². The second-order valence-corrected chi connectivity index (χ2v) is 6.39. The smallest absolute Gasteiger partial charge is 0.302 e. The molecule has 5 atom stereocenters. The second kappa shape index (κ2) is 3.60. The van der Waals surface area contributed by atoms with Crippen molar-refractivity contribution in [3.63, 3.8) is 0 Å². The Hall–Kier alpha value is -0.790. The summed E-state index contributed by atoms with van der Waals surface area (Å²) in [4.78, 5) is 11.3. The van der Waals surface area contributed by atoms with Crippen LogP contribution in [-0.4, -0.2) is 12.1 Å². The number of esters is 1. The van der Waals surface area contributed by atoms with Crippen molar-refractivity contribution in [2.75, 3.05) is 0 Å². The van der Waals surface area contributed by atoms with Gasteiger partial charge in [0.2, 0.25) is 0 Å². The van der Waals surface area contributed by atoms with Crippen molar-refractivity contribution < 1.29 is 9.53 Å². The van der Waals surface area contributed by atoms with Crippen molar-refractivity contribution in [3.8, 4) is 0 Å². The number of ether oxygens (including phenoxy) is 1. The first-order chi connectivity index (χ1) is 8.04. The lowest BCUT2D eigenvalue weighted by Gasteiger charge is -2.40. The monoisotopic (exact) mass is 234 g/mol. The third kappa shape index (κ3) is 1.42. The Kier molecular flexibility index (Phi) is 2.39. The predicted octanol–water partition coefficient (Wildman–Crippen LogP) is 3.32. The molecule has 2 nitrogen and oxygen atoms in total. The van der Waals surface area contributed by atoms with Crippen LogP contribution in [0.1, 0.15) is 46.5 Å². The summed E-state index contributed by atoms with van der Waals surface area (Å²) >= 11 is 0. The van der Waals surface area contributed by atoms with Gasteiger partial charge >= 0.3 is 5.97 Å². The normalized spacial score (nSPS) is 47.6. The van der Waals surface area contributed by atoms with Crippen LogP contribution in [0.25, 0.3) is 0 Å². The number of rotatable bonds is 1. The van der Waals surface area contributed by atoms with Crippen LogP contribution in [0.5, 0.6) is 0 Å². The van der Waals surface area contributed by atoms with E-state index in [1.165, 1.54) is 24.8 Å². The molecule has 0 radical (unpaired) electrons. The summed E-state index contributed by atoms with van der Waals surface area (Å²) in [5.74, 6) is 2.00. The summed E-state index contributed by atoms with van der Waals surface area (Å²) in [6, 6.07) is 0. The summed E-state index contributed by atoms with van der Waals surface area (Å²) in [6.07, 6.45) is 7.51. The first-order valence-corrected chi connectivity index (χ1v) is 6.87. The van der Waals surface area contributed by atoms with Crippen LogP contribution in [0, 0.1) is 23.2 Å². The van der Waals surface area contributed by atoms with Gasteiger partial charge in [0.05, 0.1) is 0 Å². The van der Waals surface area contributed by atoms with Crippen molar-refractivity contribution in [3.05, 3.63) is 11.6 Å². The molecule has 0 aromatic carbocycles. The molecular formula is C15H22O2. The van der Waals surface area contributed by atoms with Crippen LogP contribution in [0.3, 0.4) is 0 Å². The maximum atomic E-state index is 11.3. The van der Waals surface area contributed by atoms with E-state index >= 15 is 0 Å². The zero-order valence-electron chi connectivity index (χ0n) is 11.0. The standard InChI is InChI=1S/C15H22O2/c1-9-4-6-15-7-5-12(13(15)8-9)10(2)14(15)17-11(3)16/h4,10,12-14H,5-8H2,1-3H3/t10-,12+,13-,14-,15+/m1/s1. The van der Waals surface area contributed by atoms with Crippen LogP contribution in [0.15, 0.2) is 11.6 Å². The van der Waals surface area contributed by atoms with Gasteiger partial charge in [0.1, 0.15) is 6.10 Å². The van der Waals surface area contributed by atoms with Crippen molar-refractivity contribution in [1.82, 2.24) is 0 Å². The number of carbonyl (C=O) groups excluding carboxylic acids is 1. The molecule has 3 aliphatic rings. The highest BCUT2D eigenvalue weighted by Crippen LogP contribution is 2.66. The van der Waals surface area contributed by atoms with Gasteiger partial charge in [0, 0.05) is 12.3 Å². The maximum Gasteiger partial charge on any atom is 0.302 e. The molecule has 2 heteroatoms. The minimum absolute atomic E-state index is 0.103. The molecule has 2 saturated carbocycles. The molecular weight excluding hydrogens is 212 g/mol. The first kappa shape index (κ1) is 11.3. The molecule has 0 aromatic heterocycles. The second-order valence-electron chi connectivity index (χ2n) is 6.39. The quantitative estimate of drug-likeness (QED) is 0.514. The Morgan fingerprint density at radius 3 is 3.00 bits per heavy atom. The third-order valence-electron chi connectivity index (χ3n) is 5.58. The van der Waals surface area contributed by atoms with E-state index in [2.05, 4.69) is 19.9 Å². The fraction of sp³-hybridized carbons (Fsp3) is 0.800. The molecule has 0 spiro atoms. The lowest BCUT2D eigenvalue weighted by molar-refractivity contribution is -0.157. The highest BCUT2D eigenvalue weighted by Gasteiger charge is 2.64. The van der Waals surface area contributed by atoms with E-state index in [0.717, 1.165) is 18.3 Å². The average molecular weight is 234 g/mol. The van der Waals surface area contributed by atoms with Gasteiger partial charge in [-0.2, -0.15) is 0 Å². The van der Waals surface area contributed by atoms with Gasteiger partial charge in [-0.1, -0.05) is 18.6 Å².